The molecule has 4 nitrogen and oxygen atoms in total. The molecule has 0 bridgehead atoms. The molecule has 3 aromatic heterocycles. The fraction of sp³-hybridized carbons (Fsp3) is 0.111. The van der Waals surface area contributed by atoms with Crippen LogP contribution in [0.1, 0.15) is 11.3 Å². The molecule has 4 rings (SSSR count). The molecule has 114 valence electrons. The van der Waals surface area contributed by atoms with E-state index in [1.165, 1.54) is 5.56 Å². The molecule has 0 aliphatic rings. The van der Waals surface area contributed by atoms with Crippen molar-refractivity contribution in [3.05, 3.63) is 76.7 Å². The van der Waals surface area contributed by atoms with Gasteiger partial charge in [-0.2, -0.15) is 5.10 Å². The van der Waals surface area contributed by atoms with Gasteiger partial charge in [0.2, 0.25) is 0 Å². The highest BCUT2D eigenvalue weighted by molar-refractivity contribution is 9.10. The lowest BCUT2D eigenvalue weighted by Gasteiger charge is -2.04. The van der Waals surface area contributed by atoms with Crippen LogP contribution < -0.4 is 0 Å². The molecule has 0 atom stereocenters. The van der Waals surface area contributed by atoms with Crippen molar-refractivity contribution in [2.24, 2.45) is 0 Å². The van der Waals surface area contributed by atoms with Crippen LogP contribution in [0.5, 0.6) is 0 Å². The summed E-state index contributed by atoms with van der Waals surface area (Å²) in [5.41, 5.74) is 3.98. The third-order valence-corrected chi connectivity index (χ3v) is 4.54. The lowest BCUT2D eigenvalue weighted by atomic mass is 10.1. The second kappa shape index (κ2) is 6.01. The number of benzene rings is 1. The Hall–Kier alpha value is -2.40. The molecule has 1 aromatic carbocycles. The van der Waals surface area contributed by atoms with Crippen LogP contribution in [-0.2, 0) is 12.8 Å². The zero-order valence-electron chi connectivity index (χ0n) is 12.3. The first-order valence-corrected chi connectivity index (χ1v) is 8.21. The molecule has 0 radical (unpaired) electrons. The van der Waals surface area contributed by atoms with Crippen LogP contribution in [0, 0.1) is 0 Å². The van der Waals surface area contributed by atoms with Gasteiger partial charge in [-0.05, 0) is 42.7 Å². The molecular weight excluding hydrogens is 354 g/mol. The highest BCUT2D eigenvalue weighted by Gasteiger charge is 2.08. The summed E-state index contributed by atoms with van der Waals surface area (Å²) in [5.74, 6) is 0.755. The van der Waals surface area contributed by atoms with E-state index in [-0.39, 0.29) is 0 Å². The molecule has 3 heterocycles. The van der Waals surface area contributed by atoms with Gasteiger partial charge in [0.25, 0.3) is 0 Å². The summed E-state index contributed by atoms with van der Waals surface area (Å²) in [4.78, 5) is 4.69. The number of hydrogen-bond acceptors (Lipinski definition) is 3. The number of fused-ring (bicyclic) bond motifs is 1. The van der Waals surface area contributed by atoms with Crippen LogP contribution in [0.15, 0.2) is 69.9 Å². The number of rotatable bonds is 4. The Balaban J connectivity index is 1.58. The minimum atomic E-state index is 0.755. The van der Waals surface area contributed by atoms with Gasteiger partial charge in [0.1, 0.15) is 5.69 Å². The Morgan fingerprint density at radius 3 is 2.78 bits per heavy atom. The number of hydrogen-bond donors (Lipinski definition) is 0. The Bertz CT molecular complexity index is 944. The number of aromatic nitrogens is 3. The molecule has 0 amide bonds. The van der Waals surface area contributed by atoms with Gasteiger partial charge in [-0.3, -0.25) is 0 Å². The first kappa shape index (κ1) is 14.2. The SMILES string of the molecule is Brc1ccccc1CCc1ccn2nc(-c3ccco3)cc2n1. The largest absolute Gasteiger partial charge is 0.463 e. The van der Waals surface area contributed by atoms with Crippen LogP contribution in [-0.4, -0.2) is 14.6 Å². The van der Waals surface area contributed by atoms with Crippen LogP contribution in [0.2, 0.25) is 0 Å². The minimum absolute atomic E-state index is 0.755. The molecule has 0 aliphatic heterocycles. The number of halogens is 1. The normalized spacial score (nSPS) is 11.2. The fourth-order valence-electron chi connectivity index (χ4n) is 2.57. The van der Waals surface area contributed by atoms with E-state index in [0.717, 1.165) is 40.1 Å². The lowest BCUT2D eigenvalue weighted by molar-refractivity contribution is 0.579. The predicted octanol–water partition coefficient (Wildman–Crippen LogP) is 4.54. The van der Waals surface area contributed by atoms with E-state index >= 15 is 0 Å². The summed E-state index contributed by atoms with van der Waals surface area (Å²) >= 11 is 3.59. The van der Waals surface area contributed by atoms with Crippen LogP contribution >= 0.6 is 15.9 Å². The minimum Gasteiger partial charge on any atom is -0.463 e. The van der Waals surface area contributed by atoms with Gasteiger partial charge >= 0.3 is 0 Å². The number of nitrogens with zero attached hydrogens (tertiary/aromatic N) is 3. The van der Waals surface area contributed by atoms with Crippen molar-refractivity contribution >= 4 is 21.6 Å². The van der Waals surface area contributed by atoms with Crippen molar-refractivity contribution in [2.45, 2.75) is 12.8 Å². The Labute approximate surface area is 141 Å². The summed E-state index contributed by atoms with van der Waals surface area (Å²) in [6.07, 6.45) is 5.43. The Kier molecular flexibility index (Phi) is 3.71. The van der Waals surface area contributed by atoms with Gasteiger partial charge in [0, 0.05) is 22.4 Å². The van der Waals surface area contributed by atoms with E-state index in [1.54, 1.807) is 10.8 Å². The molecule has 0 aliphatic carbocycles. The molecular formula is C18H14BrN3O. The molecule has 23 heavy (non-hydrogen) atoms. The number of aryl methyl sites for hydroxylation is 2. The van der Waals surface area contributed by atoms with Gasteiger partial charge in [-0.1, -0.05) is 34.1 Å². The number of furan rings is 1. The molecule has 5 heteroatoms. The first-order chi connectivity index (χ1) is 11.3. The zero-order valence-corrected chi connectivity index (χ0v) is 13.9. The third kappa shape index (κ3) is 2.92. The van der Waals surface area contributed by atoms with Gasteiger partial charge in [-0.25, -0.2) is 9.50 Å². The second-order valence-electron chi connectivity index (χ2n) is 5.32. The van der Waals surface area contributed by atoms with E-state index in [0.29, 0.717) is 0 Å². The maximum Gasteiger partial charge on any atom is 0.155 e. The quantitative estimate of drug-likeness (QED) is 0.531. The summed E-state index contributed by atoms with van der Waals surface area (Å²) in [6.45, 7) is 0. The van der Waals surface area contributed by atoms with Crippen LogP contribution in [0.4, 0.5) is 0 Å². The topological polar surface area (TPSA) is 43.3 Å². The van der Waals surface area contributed by atoms with Crippen molar-refractivity contribution < 1.29 is 4.42 Å². The molecule has 0 unspecified atom stereocenters. The molecule has 0 saturated carbocycles. The van der Waals surface area contributed by atoms with Crippen LogP contribution in [0.25, 0.3) is 17.1 Å². The Morgan fingerprint density at radius 1 is 1.04 bits per heavy atom. The summed E-state index contributed by atoms with van der Waals surface area (Å²) in [5, 5.41) is 4.48. The van der Waals surface area contributed by atoms with Gasteiger partial charge in [-0.15, -0.1) is 0 Å². The van der Waals surface area contributed by atoms with E-state index in [1.807, 2.05) is 36.5 Å². The van der Waals surface area contributed by atoms with Crippen molar-refractivity contribution in [2.75, 3.05) is 0 Å². The molecule has 0 fully saturated rings. The van der Waals surface area contributed by atoms with E-state index in [2.05, 4.69) is 39.2 Å². The molecule has 4 aromatic rings. The summed E-state index contributed by atoms with van der Waals surface area (Å²) in [6, 6.07) is 16.0. The first-order valence-electron chi connectivity index (χ1n) is 7.42. The smallest absolute Gasteiger partial charge is 0.155 e. The standard InChI is InChI=1S/C18H14BrN3O/c19-15-5-2-1-4-13(15)7-8-14-9-10-22-18(20-14)12-16(21-22)17-6-3-11-23-17/h1-6,9-12H,7-8H2. The third-order valence-electron chi connectivity index (χ3n) is 3.76. The van der Waals surface area contributed by atoms with Gasteiger partial charge in [0.05, 0.1) is 6.26 Å². The molecule has 0 N–H and O–H groups in total. The summed E-state index contributed by atoms with van der Waals surface area (Å²) in [7, 11) is 0. The second-order valence-corrected chi connectivity index (χ2v) is 6.17. The van der Waals surface area contributed by atoms with E-state index in [4.69, 9.17) is 9.40 Å². The van der Waals surface area contributed by atoms with Crippen LogP contribution in [0.3, 0.4) is 0 Å². The Morgan fingerprint density at radius 2 is 1.96 bits per heavy atom. The van der Waals surface area contributed by atoms with Crippen molar-refractivity contribution in [1.29, 1.82) is 0 Å². The highest BCUT2D eigenvalue weighted by Crippen LogP contribution is 2.20. The molecule has 0 spiro atoms. The van der Waals surface area contributed by atoms with E-state index < -0.39 is 0 Å². The van der Waals surface area contributed by atoms with Crippen molar-refractivity contribution in [3.8, 4) is 11.5 Å². The lowest BCUT2D eigenvalue weighted by Crippen LogP contribution is -1.98. The molecule has 0 saturated heterocycles. The predicted molar refractivity (Wildman–Crippen MR) is 92.2 cm³/mol. The average molecular weight is 368 g/mol. The maximum atomic E-state index is 5.39. The zero-order chi connectivity index (χ0) is 15.6. The highest BCUT2D eigenvalue weighted by atomic mass is 79.9. The van der Waals surface area contributed by atoms with Crippen molar-refractivity contribution in [3.63, 3.8) is 0 Å². The van der Waals surface area contributed by atoms with Gasteiger partial charge < -0.3 is 4.42 Å². The monoisotopic (exact) mass is 367 g/mol. The van der Waals surface area contributed by atoms with Crippen molar-refractivity contribution in [1.82, 2.24) is 14.6 Å². The van der Waals surface area contributed by atoms with E-state index in [9.17, 15) is 0 Å². The van der Waals surface area contributed by atoms with Gasteiger partial charge in [0.15, 0.2) is 11.4 Å². The maximum absolute atomic E-state index is 5.39. The average Bonchev–Trinajstić information content (AvgIpc) is 3.22. The fourth-order valence-corrected chi connectivity index (χ4v) is 3.05. The summed E-state index contributed by atoms with van der Waals surface area (Å²) < 4.78 is 8.31.